The molecule has 26 heavy (non-hydrogen) atoms. The van der Waals surface area contributed by atoms with Crippen molar-refractivity contribution in [2.45, 2.75) is 50.7 Å². The first kappa shape index (κ1) is 19.3. The van der Waals surface area contributed by atoms with Gasteiger partial charge in [-0.25, -0.2) is 15.0 Å². The van der Waals surface area contributed by atoms with Crippen LogP contribution in [0.1, 0.15) is 31.8 Å². The fourth-order valence-electron chi connectivity index (χ4n) is 3.30. The molecule has 1 fully saturated rings. The summed E-state index contributed by atoms with van der Waals surface area (Å²) in [5.74, 6) is 1.01. The summed E-state index contributed by atoms with van der Waals surface area (Å²) in [4.78, 5) is 12.8. The monoisotopic (exact) mass is 381 g/mol. The molecule has 0 bridgehead atoms. The van der Waals surface area contributed by atoms with Crippen LogP contribution in [0.25, 0.3) is 11.2 Å². The Morgan fingerprint density at radius 2 is 2.04 bits per heavy atom. The summed E-state index contributed by atoms with van der Waals surface area (Å²) in [6.07, 6.45) is 5.45. The van der Waals surface area contributed by atoms with Crippen LogP contribution in [-0.2, 0) is 11.2 Å². The minimum absolute atomic E-state index is 0.291. The molecule has 3 rings (SSSR count). The van der Waals surface area contributed by atoms with Gasteiger partial charge in [0.05, 0.1) is 6.10 Å². The third kappa shape index (κ3) is 3.64. The van der Waals surface area contributed by atoms with Crippen molar-refractivity contribution < 1.29 is 14.9 Å². The van der Waals surface area contributed by atoms with Crippen LogP contribution in [0.4, 0.5) is 5.82 Å². The fourth-order valence-corrected chi connectivity index (χ4v) is 4.25. The second kappa shape index (κ2) is 7.27. The Kier molecular flexibility index (Phi) is 5.40. The summed E-state index contributed by atoms with van der Waals surface area (Å²) in [7, 11) is 0. The molecule has 3 heterocycles. The summed E-state index contributed by atoms with van der Waals surface area (Å²) in [5, 5.41) is 21.1. The van der Waals surface area contributed by atoms with Crippen LogP contribution in [-0.4, -0.2) is 73.8 Å². The van der Waals surface area contributed by atoms with Crippen molar-refractivity contribution in [2.75, 3.05) is 25.2 Å². The average molecular weight is 381 g/mol. The molecule has 8 nitrogen and oxygen atoms in total. The van der Waals surface area contributed by atoms with Crippen molar-refractivity contribution in [1.82, 2.24) is 19.5 Å². The fraction of sp³-hybridized carbons (Fsp3) is 0.647. The Bertz CT molecular complexity index is 833. The van der Waals surface area contributed by atoms with E-state index in [2.05, 4.69) is 34.6 Å². The van der Waals surface area contributed by atoms with Gasteiger partial charge >= 0.3 is 0 Å². The second-order valence-electron chi connectivity index (χ2n) is 7.57. The van der Waals surface area contributed by atoms with E-state index in [4.69, 9.17) is 10.5 Å². The van der Waals surface area contributed by atoms with Crippen LogP contribution in [0.2, 0.25) is 0 Å². The lowest BCUT2D eigenvalue weighted by molar-refractivity contribution is -0.0368. The molecular weight excluding hydrogens is 353 g/mol. The molecule has 1 saturated heterocycles. The van der Waals surface area contributed by atoms with Crippen LogP contribution < -0.4 is 5.73 Å². The van der Waals surface area contributed by atoms with E-state index in [9.17, 15) is 10.2 Å². The summed E-state index contributed by atoms with van der Waals surface area (Å²) in [6.45, 7) is 5.09. The number of nitrogen functional groups attached to an aromatic ring is 1. The van der Waals surface area contributed by atoms with Gasteiger partial charge in [0.25, 0.3) is 0 Å². The van der Waals surface area contributed by atoms with Gasteiger partial charge in [0.1, 0.15) is 24.4 Å². The van der Waals surface area contributed by atoms with E-state index in [1.165, 1.54) is 6.33 Å². The normalized spacial score (nSPS) is 26.7. The van der Waals surface area contributed by atoms with E-state index in [0.29, 0.717) is 29.8 Å². The first-order chi connectivity index (χ1) is 12.2. The highest BCUT2D eigenvalue weighted by atomic mass is 31.2. The van der Waals surface area contributed by atoms with Gasteiger partial charge < -0.3 is 20.7 Å². The van der Waals surface area contributed by atoms with E-state index in [1.807, 2.05) is 6.92 Å². The molecule has 0 aromatic carbocycles. The van der Waals surface area contributed by atoms with Crippen molar-refractivity contribution >= 4 is 30.2 Å². The first-order valence-electron chi connectivity index (χ1n) is 8.89. The molecule has 2 aromatic heterocycles. The standard InChI is InChI=1S/C17H28N5O3P/c1-5-6-11-21-12-15(18)19-9-20-16(12)22(11)17-14(24)13(23)10(25-17)7-8-26(2,3)4/h9-10,13-14,17,23-24H,2,5-8H2,1,3-4H3,(H2,18,19,20)/t10-,13-,14-,17-/m1/s1. The van der Waals surface area contributed by atoms with E-state index in [0.717, 1.165) is 18.4 Å². The van der Waals surface area contributed by atoms with Crippen LogP contribution in [0.15, 0.2) is 6.33 Å². The van der Waals surface area contributed by atoms with E-state index in [1.54, 1.807) is 4.57 Å². The summed E-state index contributed by atoms with van der Waals surface area (Å²) in [6, 6.07) is 0. The topological polar surface area (TPSA) is 119 Å². The Hall–Kier alpha value is -1.47. The first-order valence-corrected chi connectivity index (χ1v) is 11.9. The molecule has 4 N–H and O–H groups in total. The van der Waals surface area contributed by atoms with Gasteiger partial charge in [-0.2, -0.15) is 0 Å². The molecule has 0 aliphatic carbocycles. The van der Waals surface area contributed by atoms with Crippen LogP contribution >= 0.6 is 6.89 Å². The highest BCUT2D eigenvalue weighted by Crippen LogP contribution is 2.40. The minimum atomic E-state index is -1.24. The van der Waals surface area contributed by atoms with Crippen LogP contribution in [0, 0.1) is 0 Å². The predicted molar refractivity (Wildman–Crippen MR) is 105 cm³/mol. The third-order valence-electron chi connectivity index (χ3n) is 4.66. The van der Waals surface area contributed by atoms with E-state index < -0.39 is 31.4 Å². The number of anilines is 1. The predicted octanol–water partition coefficient (Wildman–Crippen LogP) is 1.08. The summed E-state index contributed by atoms with van der Waals surface area (Å²) < 4.78 is 7.83. The van der Waals surface area contributed by atoms with Crippen LogP contribution in [0.3, 0.4) is 0 Å². The number of aliphatic hydroxyl groups is 2. The van der Waals surface area contributed by atoms with E-state index >= 15 is 0 Å². The van der Waals surface area contributed by atoms with Crippen molar-refractivity contribution in [3.05, 3.63) is 12.2 Å². The lowest BCUT2D eigenvalue weighted by atomic mass is 10.1. The quantitative estimate of drug-likeness (QED) is 0.641. The number of imidazole rings is 1. The number of aromatic nitrogens is 4. The lowest BCUT2D eigenvalue weighted by Crippen LogP contribution is -2.32. The number of nitrogens with zero attached hydrogens (tertiary/aromatic N) is 4. The van der Waals surface area contributed by atoms with Gasteiger partial charge in [0.15, 0.2) is 23.2 Å². The molecule has 0 saturated carbocycles. The highest BCUT2D eigenvalue weighted by Gasteiger charge is 2.44. The van der Waals surface area contributed by atoms with Crippen LogP contribution in [0.5, 0.6) is 0 Å². The van der Waals surface area contributed by atoms with Crippen molar-refractivity contribution in [1.29, 1.82) is 0 Å². The molecule has 144 valence electrons. The summed E-state index contributed by atoms with van der Waals surface area (Å²) >= 11 is 0. The van der Waals surface area contributed by atoms with Gasteiger partial charge in [0, 0.05) is 6.42 Å². The second-order valence-corrected chi connectivity index (χ2v) is 11.9. The maximum atomic E-state index is 10.6. The molecule has 0 radical (unpaired) electrons. The maximum absolute atomic E-state index is 10.6. The lowest BCUT2D eigenvalue weighted by Gasteiger charge is -2.20. The number of rotatable bonds is 6. The van der Waals surface area contributed by atoms with Gasteiger partial charge in [-0.05, 0) is 32.3 Å². The molecule has 1 aliphatic heterocycles. The van der Waals surface area contributed by atoms with Crippen molar-refractivity contribution in [3.63, 3.8) is 0 Å². The largest absolute Gasteiger partial charge is 0.388 e. The highest BCUT2D eigenvalue weighted by molar-refractivity contribution is 7.72. The number of hydrogen-bond donors (Lipinski definition) is 3. The number of ether oxygens (including phenoxy) is 1. The van der Waals surface area contributed by atoms with Gasteiger partial charge in [-0.1, -0.05) is 6.92 Å². The average Bonchev–Trinajstić information content (AvgIpc) is 3.05. The Morgan fingerprint density at radius 3 is 2.69 bits per heavy atom. The van der Waals surface area contributed by atoms with Crippen molar-refractivity contribution in [3.8, 4) is 0 Å². The Labute approximate surface area is 153 Å². The molecular formula is C17H28N5O3P. The number of aliphatic hydroxyl groups excluding tert-OH is 2. The zero-order chi connectivity index (χ0) is 19.1. The Morgan fingerprint density at radius 1 is 1.31 bits per heavy atom. The third-order valence-corrected chi connectivity index (χ3v) is 6.13. The molecule has 2 aromatic rings. The smallest absolute Gasteiger partial charge is 0.167 e. The maximum Gasteiger partial charge on any atom is 0.167 e. The molecule has 0 amide bonds. The zero-order valence-electron chi connectivity index (χ0n) is 15.5. The number of aryl methyl sites for hydroxylation is 1. The number of hydrogen-bond acceptors (Lipinski definition) is 7. The van der Waals surface area contributed by atoms with E-state index in [-0.39, 0.29) is 0 Å². The molecule has 0 spiro atoms. The molecule has 4 atom stereocenters. The summed E-state index contributed by atoms with van der Waals surface area (Å²) in [5.41, 5.74) is 6.95. The zero-order valence-corrected chi connectivity index (χ0v) is 16.4. The Balaban J connectivity index is 1.96. The molecule has 0 unspecified atom stereocenters. The van der Waals surface area contributed by atoms with Gasteiger partial charge in [-0.15, -0.1) is 13.2 Å². The molecule has 9 heteroatoms. The van der Waals surface area contributed by atoms with Gasteiger partial charge in [0.2, 0.25) is 0 Å². The molecule has 1 aliphatic rings. The number of nitrogens with two attached hydrogens (primary N) is 1. The minimum Gasteiger partial charge on any atom is -0.388 e. The SMILES string of the molecule is C=P(C)(C)CC[C@H]1O[C@@H](n2c(CCC)nc3c(N)ncnc32)[C@H](O)[C@@H]1O. The van der Waals surface area contributed by atoms with Crippen molar-refractivity contribution in [2.24, 2.45) is 0 Å². The van der Waals surface area contributed by atoms with Gasteiger partial charge in [-0.3, -0.25) is 4.57 Å². The number of fused-ring (bicyclic) bond motifs is 1.